The van der Waals surface area contributed by atoms with Crippen molar-refractivity contribution in [3.8, 4) is 5.75 Å². The van der Waals surface area contributed by atoms with E-state index in [1.807, 2.05) is 6.92 Å². The Balaban J connectivity index is 0.00000242. The molecule has 3 nitrogen and oxygen atoms in total. The summed E-state index contributed by atoms with van der Waals surface area (Å²) >= 11 is 0. The van der Waals surface area contributed by atoms with Gasteiger partial charge in [0.05, 0.1) is 6.61 Å². The second kappa shape index (κ2) is 12.9. The largest absolute Gasteiger partial charge is 0.494 e. The van der Waals surface area contributed by atoms with Crippen LogP contribution in [0.15, 0.2) is 24.3 Å². The molecule has 1 heterocycles. The molecule has 1 aliphatic rings. The number of nitrogens with one attached hydrogen (secondary N) is 1. The highest BCUT2D eigenvalue weighted by atomic mass is 35.5. The smallest absolute Gasteiger partial charge is 0.119 e. The standard InChI is InChI=1S/C18H30N2O.2ClH/c1-3-5-6-7-18(20-14-12-19-13-15-20)16-8-10-17(11-9-16)21-4-2;;/h8-11,18-19H,3-7,12-15H2,1-2H3;2*1H/t18-;;/m0../s1. The van der Waals surface area contributed by atoms with Gasteiger partial charge in [-0.2, -0.15) is 0 Å². The SMILES string of the molecule is CCCCC[C@@H](c1ccc(OCC)cc1)N1CCNCC1.Cl.Cl. The minimum atomic E-state index is 0. The minimum absolute atomic E-state index is 0. The molecule has 1 aliphatic heterocycles. The second-order valence-electron chi connectivity index (χ2n) is 5.80. The molecule has 23 heavy (non-hydrogen) atoms. The maximum absolute atomic E-state index is 5.56. The molecule has 1 saturated heterocycles. The van der Waals surface area contributed by atoms with Gasteiger partial charge in [-0.3, -0.25) is 4.90 Å². The number of hydrogen-bond donors (Lipinski definition) is 1. The quantitative estimate of drug-likeness (QED) is 0.691. The molecule has 134 valence electrons. The number of piperazine rings is 1. The fraction of sp³-hybridized carbons (Fsp3) is 0.667. The maximum Gasteiger partial charge on any atom is 0.119 e. The molecule has 1 fully saturated rings. The zero-order valence-electron chi connectivity index (χ0n) is 14.4. The summed E-state index contributed by atoms with van der Waals surface area (Å²) in [4.78, 5) is 2.64. The molecule has 1 aromatic carbocycles. The average molecular weight is 363 g/mol. The van der Waals surface area contributed by atoms with Crippen LogP contribution < -0.4 is 10.1 Å². The third-order valence-corrected chi connectivity index (χ3v) is 4.25. The first kappa shape index (κ1) is 22.5. The van der Waals surface area contributed by atoms with Crippen LogP contribution in [0, 0.1) is 0 Å². The van der Waals surface area contributed by atoms with Crippen molar-refractivity contribution in [2.45, 2.75) is 45.6 Å². The molecule has 0 amide bonds. The predicted octanol–water partition coefficient (Wildman–Crippen LogP) is 4.46. The van der Waals surface area contributed by atoms with E-state index in [0.717, 1.165) is 38.5 Å². The second-order valence-corrected chi connectivity index (χ2v) is 5.80. The Morgan fingerprint density at radius 3 is 2.26 bits per heavy atom. The number of benzene rings is 1. The summed E-state index contributed by atoms with van der Waals surface area (Å²) in [5, 5.41) is 3.45. The van der Waals surface area contributed by atoms with Gasteiger partial charge in [0, 0.05) is 32.2 Å². The van der Waals surface area contributed by atoms with E-state index in [1.54, 1.807) is 0 Å². The molecular formula is C18H32Cl2N2O. The number of ether oxygens (including phenoxy) is 1. The molecule has 0 spiro atoms. The average Bonchev–Trinajstić information content (AvgIpc) is 2.54. The van der Waals surface area contributed by atoms with Gasteiger partial charge in [-0.05, 0) is 31.0 Å². The summed E-state index contributed by atoms with van der Waals surface area (Å²) in [5.41, 5.74) is 1.44. The van der Waals surface area contributed by atoms with Crippen molar-refractivity contribution in [3.63, 3.8) is 0 Å². The molecular weight excluding hydrogens is 331 g/mol. The van der Waals surface area contributed by atoms with Crippen LogP contribution in [0.2, 0.25) is 0 Å². The molecule has 2 rings (SSSR count). The van der Waals surface area contributed by atoms with E-state index in [-0.39, 0.29) is 24.8 Å². The Morgan fingerprint density at radius 1 is 1.04 bits per heavy atom. The van der Waals surface area contributed by atoms with Crippen LogP contribution in [0.3, 0.4) is 0 Å². The highest BCUT2D eigenvalue weighted by molar-refractivity contribution is 5.85. The van der Waals surface area contributed by atoms with Gasteiger partial charge in [-0.25, -0.2) is 0 Å². The van der Waals surface area contributed by atoms with E-state index in [4.69, 9.17) is 4.74 Å². The predicted molar refractivity (Wildman–Crippen MR) is 103 cm³/mol. The Hall–Kier alpha value is -0.480. The lowest BCUT2D eigenvalue weighted by molar-refractivity contribution is 0.162. The molecule has 5 heteroatoms. The lowest BCUT2D eigenvalue weighted by atomic mass is 9.98. The number of nitrogens with zero attached hydrogens (tertiary/aromatic N) is 1. The Morgan fingerprint density at radius 2 is 1.70 bits per heavy atom. The van der Waals surface area contributed by atoms with Crippen LogP contribution in [0.4, 0.5) is 0 Å². The molecule has 1 aromatic rings. The molecule has 0 saturated carbocycles. The summed E-state index contributed by atoms with van der Waals surface area (Å²) in [5.74, 6) is 0.980. The Bertz CT molecular complexity index is 395. The van der Waals surface area contributed by atoms with Crippen LogP contribution in [0.5, 0.6) is 5.75 Å². The highest BCUT2D eigenvalue weighted by Crippen LogP contribution is 2.28. The van der Waals surface area contributed by atoms with Gasteiger partial charge in [0.1, 0.15) is 5.75 Å². The van der Waals surface area contributed by atoms with Gasteiger partial charge < -0.3 is 10.1 Å². The number of halogens is 2. The van der Waals surface area contributed by atoms with Crippen molar-refractivity contribution >= 4 is 24.8 Å². The number of unbranched alkanes of at least 4 members (excludes halogenated alkanes) is 2. The van der Waals surface area contributed by atoms with Crippen LogP contribution in [-0.2, 0) is 0 Å². The maximum atomic E-state index is 5.56. The third kappa shape index (κ3) is 7.30. The first-order valence-corrected chi connectivity index (χ1v) is 8.52. The minimum Gasteiger partial charge on any atom is -0.494 e. The van der Waals surface area contributed by atoms with Gasteiger partial charge in [0.25, 0.3) is 0 Å². The molecule has 0 bridgehead atoms. The van der Waals surface area contributed by atoms with Crippen molar-refractivity contribution in [1.82, 2.24) is 10.2 Å². The summed E-state index contributed by atoms with van der Waals surface area (Å²) < 4.78 is 5.56. The monoisotopic (exact) mass is 362 g/mol. The molecule has 0 unspecified atom stereocenters. The Labute approximate surface area is 154 Å². The number of hydrogen-bond acceptors (Lipinski definition) is 3. The van der Waals surface area contributed by atoms with Crippen molar-refractivity contribution < 1.29 is 4.74 Å². The summed E-state index contributed by atoms with van der Waals surface area (Å²) in [6, 6.07) is 9.31. The van der Waals surface area contributed by atoms with Crippen molar-refractivity contribution in [2.75, 3.05) is 32.8 Å². The van der Waals surface area contributed by atoms with E-state index < -0.39 is 0 Å². The fourth-order valence-electron chi connectivity index (χ4n) is 3.09. The summed E-state index contributed by atoms with van der Waals surface area (Å²) in [7, 11) is 0. The van der Waals surface area contributed by atoms with Gasteiger partial charge in [0.2, 0.25) is 0 Å². The zero-order chi connectivity index (χ0) is 14.9. The van der Waals surface area contributed by atoms with Crippen LogP contribution in [-0.4, -0.2) is 37.7 Å². The first-order valence-electron chi connectivity index (χ1n) is 8.52. The molecule has 0 aliphatic carbocycles. The third-order valence-electron chi connectivity index (χ3n) is 4.25. The molecule has 1 N–H and O–H groups in total. The summed E-state index contributed by atoms with van der Waals surface area (Å²) in [6.07, 6.45) is 5.21. The molecule has 1 atom stereocenters. The first-order chi connectivity index (χ1) is 10.3. The number of rotatable bonds is 8. The van der Waals surface area contributed by atoms with Gasteiger partial charge >= 0.3 is 0 Å². The van der Waals surface area contributed by atoms with E-state index >= 15 is 0 Å². The van der Waals surface area contributed by atoms with Crippen molar-refractivity contribution in [3.05, 3.63) is 29.8 Å². The molecule has 0 aromatic heterocycles. The fourth-order valence-corrected chi connectivity index (χ4v) is 3.09. The normalized spacial score (nSPS) is 16.1. The summed E-state index contributed by atoms with van der Waals surface area (Å²) in [6.45, 7) is 9.58. The van der Waals surface area contributed by atoms with Crippen LogP contribution in [0.25, 0.3) is 0 Å². The van der Waals surface area contributed by atoms with E-state index in [1.165, 1.54) is 31.2 Å². The van der Waals surface area contributed by atoms with Gasteiger partial charge in [0.15, 0.2) is 0 Å². The van der Waals surface area contributed by atoms with Crippen LogP contribution in [0.1, 0.15) is 51.1 Å². The van der Waals surface area contributed by atoms with E-state index in [9.17, 15) is 0 Å². The lowest BCUT2D eigenvalue weighted by Gasteiger charge is -2.35. The lowest BCUT2D eigenvalue weighted by Crippen LogP contribution is -2.45. The van der Waals surface area contributed by atoms with Gasteiger partial charge in [-0.1, -0.05) is 38.3 Å². The Kier molecular flexibility index (Phi) is 12.6. The molecule has 0 radical (unpaired) electrons. The zero-order valence-corrected chi connectivity index (χ0v) is 16.1. The van der Waals surface area contributed by atoms with E-state index in [2.05, 4.69) is 41.4 Å². The van der Waals surface area contributed by atoms with Gasteiger partial charge in [-0.15, -0.1) is 24.8 Å². The highest BCUT2D eigenvalue weighted by Gasteiger charge is 2.21. The van der Waals surface area contributed by atoms with Crippen molar-refractivity contribution in [1.29, 1.82) is 0 Å². The van der Waals surface area contributed by atoms with E-state index in [0.29, 0.717) is 6.04 Å². The topological polar surface area (TPSA) is 24.5 Å². The van der Waals surface area contributed by atoms with Crippen molar-refractivity contribution in [2.24, 2.45) is 0 Å². The van der Waals surface area contributed by atoms with Crippen LogP contribution >= 0.6 is 24.8 Å².